The molecule has 4 nitrogen and oxygen atoms in total. The number of hydrogen-bond donors (Lipinski definition) is 0. The van der Waals surface area contributed by atoms with E-state index in [9.17, 15) is 9.59 Å². The Morgan fingerprint density at radius 1 is 1.36 bits per heavy atom. The lowest BCUT2D eigenvalue weighted by Crippen LogP contribution is -2.54. The molecule has 1 aliphatic rings. The van der Waals surface area contributed by atoms with Crippen LogP contribution in [0.1, 0.15) is 26.7 Å². The van der Waals surface area contributed by atoms with Crippen LogP contribution in [0.5, 0.6) is 0 Å². The summed E-state index contributed by atoms with van der Waals surface area (Å²) in [7, 11) is 3.45. The fraction of sp³-hybridized carbons (Fsp3) is 0.800. The average Bonchev–Trinajstić information content (AvgIpc) is 2.47. The van der Waals surface area contributed by atoms with E-state index in [0.29, 0.717) is 6.54 Å². The fourth-order valence-electron chi connectivity index (χ4n) is 2.17. The van der Waals surface area contributed by atoms with Gasteiger partial charge in [-0.2, -0.15) is 0 Å². The number of nitrogens with zero attached hydrogens (tertiary/aromatic N) is 2. The van der Waals surface area contributed by atoms with Gasteiger partial charge in [-0.1, -0.05) is 0 Å². The van der Waals surface area contributed by atoms with Crippen LogP contribution in [0, 0.1) is 0 Å². The molecule has 0 aromatic heterocycles. The van der Waals surface area contributed by atoms with Crippen molar-refractivity contribution < 1.29 is 9.59 Å². The first-order valence-corrected chi connectivity index (χ1v) is 4.89. The quantitative estimate of drug-likeness (QED) is 0.614. The van der Waals surface area contributed by atoms with Crippen molar-refractivity contribution in [3.8, 4) is 0 Å². The zero-order valence-electron chi connectivity index (χ0n) is 9.33. The van der Waals surface area contributed by atoms with Crippen LogP contribution in [0.2, 0.25) is 0 Å². The van der Waals surface area contributed by atoms with Crippen molar-refractivity contribution in [3.63, 3.8) is 0 Å². The molecular formula is C10H18N2O2. The summed E-state index contributed by atoms with van der Waals surface area (Å²) in [5.41, 5.74) is -0.616. The van der Waals surface area contributed by atoms with Gasteiger partial charge in [-0.05, 0) is 19.8 Å². The summed E-state index contributed by atoms with van der Waals surface area (Å²) in [5.74, 6) is 0.00500. The van der Waals surface area contributed by atoms with E-state index in [0.717, 1.165) is 12.8 Å². The number of likely N-dealkylation sites (tertiary alicyclic amines) is 1. The molecule has 2 amide bonds. The Morgan fingerprint density at radius 3 is 2.36 bits per heavy atom. The molecule has 1 heterocycles. The smallest absolute Gasteiger partial charge is 0.247 e. The van der Waals surface area contributed by atoms with E-state index in [1.807, 2.05) is 6.92 Å². The van der Waals surface area contributed by atoms with Crippen LogP contribution in [-0.4, -0.2) is 47.8 Å². The third-order valence-electron chi connectivity index (χ3n) is 2.89. The second-order valence-corrected chi connectivity index (χ2v) is 4.25. The van der Waals surface area contributed by atoms with Gasteiger partial charge < -0.3 is 9.80 Å². The molecule has 0 aromatic rings. The van der Waals surface area contributed by atoms with Crippen LogP contribution in [0.4, 0.5) is 0 Å². The maximum absolute atomic E-state index is 11.9. The predicted molar refractivity (Wildman–Crippen MR) is 53.7 cm³/mol. The second-order valence-electron chi connectivity index (χ2n) is 4.25. The Labute approximate surface area is 84.9 Å². The monoisotopic (exact) mass is 198 g/mol. The largest absolute Gasteiger partial charge is 0.347 e. The third kappa shape index (κ3) is 1.61. The van der Waals surface area contributed by atoms with Gasteiger partial charge in [0.15, 0.2) is 0 Å². The van der Waals surface area contributed by atoms with Gasteiger partial charge in [0, 0.05) is 27.6 Å². The lowest BCUT2D eigenvalue weighted by atomic mass is 9.97. The van der Waals surface area contributed by atoms with Gasteiger partial charge in [0.1, 0.15) is 5.54 Å². The Bertz CT molecular complexity index is 263. The molecule has 0 spiro atoms. The zero-order valence-corrected chi connectivity index (χ0v) is 9.33. The molecular weight excluding hydrogens is 180 g/mol. The number of carbonyl (C=O) groups excluding carboxylic acids is 2. The van der Waals surface area contributed by atoms with Gasteiger partial charge in [0.2, 0.25) is 11.8 Å². The minimum atomic E-state index is -0.616. The van der Waals surface area contributed by atoms with E-state index in [-0.39, 0.29) is 11.8 Å². The van der Waals surface area contributed by atoms with Crippen LogP contribution in [0.3, 0.4) is 0 Å². The molecule has 0 saturated carbocycles. The van der Waals surface area contributed by atoms with E-state index < -0.39 is 5.54 Å². The van der Waals surface area contributed by atoms with E-state index in [2.05, 4.69) is 0 Å². The van der Waals surface area contributed by atoms with Crippen LogP contribution in [0.15, 0.2) is 0 Å². The van der Waals surface area contributed by atoms with E-state index >= 15 is 0 Å². The predicted octanol–water partition coefficient (Wildman–Crippen LogP) is 0.476. The molecule has 1 unspecified atom stereocenters. The zero-order chi connectivity index (χ0) is 10.9. The molecule has 4 heteroatoms. The average molecular weight is 198 g/mol. The molecule has 0 N–H and O–H groups in total. The molecule has 1 fully saturated rings. The van der Waals surface area contributed by atoms with Crippen molar-refractivity contribution in [3.05, 3.63) is 0 Å². The molecule has 1 atom stereocenters. The van der Waals surface area contributed by atoms with Crippen molar-refractivity contribution >= 4 is 11.8 Å². The molecule has 1 saturated heterocycles. The summed E-state index contributed by atoms with van der Waals surface area (Å²) in [6.07, 6.45) is 1.68. The molecule has 0 aliphatic carbocycles. The number of hydrogen-bond acceptors (Lipinski definition) is 2. The Kier molecular flexibility index (Phi) is 2.83. The second kappa shape index (κ2) is 3.59. The first-order chi connectivity index (χ1) is 6.39. The number of rotatable bonds is 1. The maximum Gasteiger partial charge on any atom is 0.247 e. The third-order valence-corrected chi connectivity index (χ3v) is 2.89. The van der Waals surface area contributed by atoms with E-state index in [4.69, 9.17) is 0 Å². The molecule has 1 rings (SSSR count). The first kappa shape index (κ1) is 11.0. The van der Waals surface area contributed by atoms with E-state index in [1.165, 1.54) is 6.92 Å². The Balaban J connectivity index is 2.92. The van der Waals surface area contributed by atoms with Gasteiger partial charge in [0.05, 0.1) is 0 Å². The summed E-state index contributed by atoms with van der Waals surface area (Å²) in [6, 6.07) is 0. The van der Waals surface area contributed by atoms with Crippen molar-refractivity contribution in [2.24, 2.45) is 0 Å². The van der Waals surface area contributed by atoms with Crippen molar-refractivity contribution in [2.45, 2.75) is 32.2 Å². The van der Waals surface area contributed by atoms with Crippen molar-refractivity contribution in [1.29, 1.82) is 0 Å². The summed E-state index contributed by atoms with van der Waals surface area (Å²) < 4.78 is 0. The number of amides is 2. The highest BCUT2D eigenvalue weighted by molar-refractivity contribution is 5.90. The summed E-state index contributed by atoms with van der Waals surface area (Å²) in [6.45, 7) is 4.07. The Hall–Kier alpha value is -1.06. The number of carbonyl (C=O) groups is 2. The standard InChI is InChI=1S/C10H18N2O2/c1-8(13)12-7-5-6-10(12,2)9(14)11(3)4/h5-7H2,1-4H3. The van der Waals surface area contributed by atoms with Gasteiger partial charge in [-0.3, -0.25) is 9.59 Å². The molecule has 0 radical (unpaired) electrons. The highest BCUT2D eigenvalue weighted by atomic mass is 16.2. The molecule has 0 bridgehead atoms. The highest BCUT2D eigenvalue weighted by Gasteiger charge is 2.45. The molecule has 1 aliphatic heterocycles. The minimum absolute atomic E-state index is 0.0137. The maximum atomic E-state index is 11.9. The summed E-state index contributed by atoms with van der Waals surface area (Å²) in [5, 5.41) is 0. The SMILES string of the molecule is CC(=O)N1CCCC1(C)C(=O)N(C)C. The van der Waals surface area contributed by atoms with Crippen LogP contribution in [-0.2, 0) is 9.59 Å². The molecule has 80 valence electrons. The van der Waals surface area contributed by atoms with E-state index in [1.54, 1.807) is 23.9 Å². The minimum Gasteiger partial charge on any atom is -0.347 e. The first-order valence-electron chi connectivity index (χ1n) is 4.89. The van der Waals surface area contributed by atoms with Crippen molar-refractivity contribution in [2.75, 3.05) is 20.6 Å². The lowest BCUT2D eigenvalue weighted by Gasteiger charge is -2.35. The van der Waals surface area contributed by atoms with Gasteiger partial charge in [-0.15, -0.1) is 0 Å². The summed E-state index contributed by atoms with van der Waals surface area (Å²) in [4.78, 5) is 26.5. The highest BCUT2D eigenvalue weighted by Crippen LogP contribution is 2.30. The molecule has 14 heavy (non-hydrogen) atoms. The fourth-order valence-corrected chi connectivity index (χ4v) is 2.17. The van der Waals surface area contributed by atoms with Gasteiger partial charge >= 0.3 is 0 Å². The normalized spacial score (nSPS) is 26.4. The van der Waals surface area contributed by atoms with Crippen molar-refractivity contribution in [1.82, 2.24) is 9.80 Å². The van der Waals surface area contributed by atoms with Gasteiger partial charge in [-0.25, -0.2) is 0 Å². The lowest BCUT2D eigenvalue weighted by molar-refractivity contribution is -0.147. The van der Waals surface area contributed by atoms with Crippen LogP contribution < -0.4 is 0 Å². The summed E-state index contributed by atoms with van der Waals surface area (Å²) >= 11 is 0. The Morgan fingerprint density at radius 2 is 1.93 bits per heavy atom. The number of likely N-dealkylation sites (N-methyl/N-ethyl adjacent to an activating group) is 1. The van der Waals surface area contributed by atoms with Crippen LogP contribution in [0.25, 0.3) is 0 Å². The van der Waals surface area contributed by atoms with Gasteiger partial charge in [0.25, 0.3) is 0 Å². The molecule has 0 aromatic carbocycles. The van der Waals surface area contributed by atoms with Crippen LogP contribution >= 0.6 is 0 Å². The topological polar surface area (TPSA) is 40.6 Å².